The zero-order chi connectivity index (χ0) is 18.5. The second kappa shape index (κ2) is 8.35. The molecule has 1 amide bonds. The molecule has 2 aromatic carbocycles. The molecule has 1 atom stereocenters. The maximum Gasteiger partial charge on any atom is 0.224 e. The molecule has 4 heteroatoms. The third kappa shape index (κ3) is 4.84. The van der Waals surface area contributed by atoms with Gasteiger partial charge in [0.1, 0.15) is 5.82 Å². The van der Waals surface area contributed by atoms with Gasteiger partial charge in [-0.25, -0.2) is 4.39 Å². The fourth-order valence-corrected chi connectivity index (χ4v) is 3.40. The lowest BCUT2D eigenvalue weighted by Crippen LogP contribution is -2.32. The maximum absolute atomic E-state index is 12.9. The van der Waals surface area contributed by atoms with Crippen molar-refractivity contribution in [2.24, 2.45) is 5.92 Å². The topological polar surface area (TPSA) is 32.3 Å². The number of nitrogens with zero attached hydrogens (tertiary/aromatic N) is 1. The van der Waals surface area contributed by atoms with Crippen molar-refractivity contribution in [2.75, 3.05) is 18.0 Å². The van der Waals surface area contributed by atoms with Crippen LogP contribution in [0.3, 0.4) is 0 Å². The van der Waals surface area contributed by atoms with E-state index in [1.165, 1.54) is 30.7 Å². The predicted octanol–water partition coefficient (Wildman–Crippen LogP) is 4.48. The smallest absolute Gasteiger partial charge is 0.224 e. The number of carbonyl (C=O) groups excluding carboxylic acids is 1. The minimum atomic E-state index is -0.286. The van der Waals surface area contributed by atoms with E-state index < -0.39 is 0 Å². The summed E-state index contributed by atoms with van der Waals surface area (Å²) >= 11 is 0. The molecule has 2 aromatic rings. The van der Waals surface area contributed by atoms with Crippen molar-refractivity contribution in [3.63, 3.8) is 0 Å². The van der Waals surface area contributed by atoms with Crippen molar-refractivity contribution in [1.82, 2.24) is 5.32 Å². The first-order valence-corrected chi connectivity index (χ1v) is 9.40. The Balaban J connectivity index is 1.54. The summed E-state index contributed by atoms with van der Waals surface area (Å²) in [5, 5.41) is 3.02. The van der Waals surface area contributed by atoms with Crippen molar-refractivity contribution >= 4 is 11.6 Å². The van der Waals surface area contributed by atoms with Crippen LogP contribution in [0.2, 0.25) is 0 Å². The molecular formula is C22H27FN2O. The molecule has 0 aromatic heterocycles. The molecule has 26 heavy (non-hydrogen) atoms. The summed E-state index contributed by atoms with van der Waals surface area (Å²) in [6, 6.07) is 14.5. The van der Waals surface area contributed by atoms with Crippen molar-refractivity contribution < 1.29 is 9.18 Å². The molecular weight excluding hydrogens is 327 g/mol. The number of amides is 1. The summed E-state index contributed by atoms with van der Waals surface area (Å²) < 4.78 is 12.9. The number of anilines is 1. The average Bonchev–Trinajstić information content (AvgIpc) is 2.64. The molecule has 0 unspecified atom stereocenters. The predicted molar refractivity (Wildman–Crippen MR) is 104 cm³/mol. The van der Waals surface area contributed by atoms with Gasteiger partial charge in [-0.05, 0) is 61.1 Å². The minimum absolute atomic E-state index is 0.0571. The fraction of sp³-hybridized carbons (Fsp3) is 0.409. The molecule has 0 aliphatic carbocycles. The Labute approximate surface area is 155 Å². The van der Waals surface area contributed by atoms with Gasteiger partial charge in [-0.2, -0.15) is 0 Å². The average molecular weight is 354 g/mol. The van der Waals surface area contributed by atoms with Crippen molar-refractivity contribution in [2.45, 2.75) is 39.2 Å². The van der Waals surface area contributed by atoms with Gasteiger partial charge in [0.25, 0.3) is 0 Å². The Morgan fingerprint density at radius 1 is 1.12 bits per heavy atom. The Bertz CT molecular complexity index is 719. The van der Waals surface area contributed by atoms with Crippen LogP contribution in [-0.2, 0) is 11.2 Å². The number of hydrogen-bond acceptors (Lipinski definition) is 2. The van der Waals surface area contributed by atoms with E-state index in [1.807, 2.05) is 6.92 Å². The van der Waals surface area contributed by atoms with E-state index in [0.29, 0.717) is 0 Å². The van der Waals surface area contributed by atoms with Crippen LogP contribution in [0.5, 0.6) is 0 Å². The van der Waals surface area contributed by atoms with Crippen LogP contribution in [0.25, 0.3) is 0 Å². The summed E-state index contributed by atoms with van der Waals surface area (Å²) in [5.74, 6) is 0.478. The zero-order valence-electron chi connectivity index (χ0n) is 15.5. The normalized spacial score (nSPS) is 16.3. The molecule has 138 valence electrons. The summed E-state index contributed by atoms with van der Waals surface area (Å²) in [5.41, 5.74) is 3.16. The Morgan fingerprint density at radius 2 is 1.73 bits per heavy atom. The van der Waals surface area contributed by atoms with Gasteiger partial charge in [0.05, 0.1) is 12.5 Å². The third-order valence-electron chi connectivity index (χ3n) is 5.20. The highest BCUT2D eigenvalue weighted by molar-refractivity contribution is 5.79. The first-order valence-electron chi connectivity index (χ1n) is 9.40. The summed E-state index contributed by atoms with van der Waals surface area (Å²) in [7, 11) is 0. The monoisotopic (exact) mass is 354 g/mol. The molecule has 3 rings (SSSR count). The number of benzene rings is 2. The first kappa shape index (κ1) is 18.4. The van der Waals surface area contributed by atoms with Crippen LogP contribution >= 0.6 is 0 Å². The lowest BCUT2D eigenvalue weighted by atomic mass is 9.98. The highest BCUT2D eigenvalue weighted by Gasteiger charge is 2.16. The van der Waals surface area contributed by atoms with E-state index in [4.69, 9.17) is 0 Å². The second-order valence-corrected chi connectivity index (χ2v) is 7.35. The summed E-state index contributed by atoms with van der Waals surface area (Å²) in [6.45, 7) is 6.53. The zero-order valence-corrected chi connectivity index (χ0v) is 15.5. The van der Waals surface area contributed by atoms with E-state index >= 15 is 0 Å². The quantitative estimate of drug-likeness (QED) is 0.858. The van der Waals surface area contributed by atoms with Crippen LogP contribution in [-0.4, -0.2) is 19.0 Å². The molecule has 0 radical (unpaired) electrons. The van der Waals surface area contributed by atoms with Crippen molar-refractivity contribution in [3.05, 3.63) is 65.5 Å². The second-order valence-electron chi connectivity index (χ2n) is 7.35. The van der Waals surface area contributed by atoms with Crippen LogP contribution in [0.15, 0.2) is 48.5 Å². The Kier molecular flexibility index (Phi) is 5.92. The van der Waals surface area contributed by atoms with Gasteiger partial charge < -0.3 is 10.2 Å². The minimum Gasteiger partial charge on any atom is -0.372 e. The molecule has 0 bridgehead atoms. The molecule has 1 N–H and O–H groups in total. The van der Waals surface area contributed by atoms with Crippen LogP contribution in [0, 0.1) is 11.7 Å². The van der Waals surface area contributed by atoms with Gasteiger partial charge in [0.15, 0.2) is 0 Å². The number of hydrogen-bond donors (Lipinski definition) is 1. The number of carbonyl (C=O) groups is 1. The van der Waals surface area contributed by atoms with Gasteiger partial charge >= 0.3 is 0 Å². The van der Waals surface area contributed by atoms with E-state index in [0.717, 1.165) is 30.1 Å². The molecule has 1 aliphatic heterocycles. The number of halogens is 1. The van der Waals surface area contributed by atoms with Crippen molar-refractivity contribution in [3.8, 4) is 0 Å². The molecule has 1 aliphatic rings. The molecule has 3 nitrogen and oxygen atoms in total. The lowest BCUT2D eigenvalue weighted by molar-refractivity contribution is -0.121. The van der Waals surface area contributed by atoms with Crippen molar-refractivity contribution in [1.29, 1.82) is 0 Å². The molecule has 1 fully saturated rings. The standard InChI is InChI=1S/C22H27FN2O/c1-16-11-13-25(14-12-16)21-9-5-19(6-10-21)17(2)24-22(26)15-18-3-7-20(23)8-4-18/h3-10,16-17H,11-15H2,1-2H3,(H,24,26)/t17-/m0/s1. The van der Waals surface area contributed by atoms with Crippen LogP contribution in [0.4, 0.5) is 10.1 Å². The first-order chi connectivity index (χ1) is 12.5. The van der Waals surface area contributed by atoms with E-state index in [2.05, 4.69) is 41.4 Å². The molecule has 1 saturated heterocycles. The Hall–Kier alpha value is -2.36. The van der Waals surface area contributed by atoms with Gasteiger partial charge in [-0.3, -0.25) is 4.79 Å². The number of nitrogens with one attached hydrogen (secondary N) is 1. The van der Waals surface area contributed by atoms with Crippen LogP contribution in [0.1, 0.15) is 43.9 Å². The van der Waals surface area contributed by atoms with Gasteiger partial charge in [-0.15, -0.1) is 0 Å². The fourth-order valence-electron chi connectivity index (χ4n) is 3.40. The largest absolute Gasteiger partial charge is 0.372 e. The number of piperidine rings is 1. The van der Waals surface area contributed by atoms with E-state index in [-0.39, 0.29) is 24.2 Å². The lowest BCUT2D eigenvalue weighted by Gasteiger charge is -2.32. The van der Waals surface area contributed by atoms with Crippen LogP contribution < -0.4 is 10.2 Å². The molecule has 0 saturated carbocycles. The molecule has 1 heterocycles. The van der Waals surface area contributed by atoms with Gasteiger partial charge in [0, 0.05) is 18.8 Å². The highest BCUT2D eigenvalue weighted by Crippen LogP contribution is 2.24. The number of rotatable bonds is 5. The van der Waals surface area contributed by atoms with E-state index in [1.54, 1.807) is 12.1 Å². The highest BCUT2D eigenvalue weighted by atomic mass is 19.1. The van der Waals surface area contributed by atoms with Gasteiger partial charge in [-0.1, -0.05) is 31.2 Å². The Morgan fingerprint density at radius 3 is 2.35 bits per heavy atom. The van der Waals surface area contributed by atoms with E-state index in [9.17, 15) is 9.18 Å². The third-order valence-corrected chi connectivity index (χ3v) is 5.20. The maximum atomic E-state index is 12.9. The SMILES string of the molecule is CC1CCN(c2ccc([C@H](C)NC(=O)Cc3ccc(F)cc3)cc2)CC1. The molecule has 0 spiro atoms. The summed E-state index contributed by atoms with van der Waals surface area (Å²) in [6.07, 6.45) is 2.75. The summed E-state index contributed by atoms with van der Waals surface area (Å²) in [4.78, 5) is 14.6. The van der Waals surface area contributed by atoms with Gasteiger partial charge in [0.2, 0.25) is 5.91 Å².